The van der Waals surface area contributed by atoms with E-state index in [0.717, 1.165) is 25.8 Å². The molecule has 0 aliphatic carbocycles. The van der Waals surface area contributed by atoms with Gasteiger partial charge in [0.25, 0.3) is 0 Å². The fourth-order valence-electron chi connectivity index (χ4n) is 1.94. The molecule has 1 unspecified atom stereocenters. The summed E-state index contributed by atoms with van der Waals surface area (Å²) in [5.41, 5.74) is 0. The maximum Gasteiger partial charge on any atom is 0.239 e. The smallest absolute Gasteiger partial charge is 0.239 e. The summed E-state index contributed by atoms with van der Waals surface area (Å²) < 4.78 is 0. The first kappa shape index (κ1) is 11.1. The minimum atomic E-state index is -0.0262. The Hall–Kier alpha value is -1.43. The molecule has 0 spiro atoms. The Morgan fingerprint density at radius 3 is 3.12 bits per heavy atom. The summed E-state index contributed by atoms with van der Waals surface area (Å²) in [5, 5.41) is 9.75. The first-order chi connectivity index (χ1) is 7.77. The van der Waals surface area contributed by atoms with Crippen LogP contribution in [0.5, 0.6) is 0 Å². The Balaban J connectivity index is 1.88. The normalized spacial score (nSPS) is 20.7. The van der Waals surface area contributed by atoms with Gasteiger partial charge in [0.15, 0.2) is 0 Å². The average molecular weight is 223 g/mol. The van der Waals surface area contributed by atoms with Gasteiger partial charge in [-0.1, -0.05) is 6.42 Å². The van der Waals surface area contributed by atoms with E-state index in [4.69, 9.17) is 0 Å². The molecule has 0 bridgehead atoms. The number of aromatic amines is 1. The molecule has 88 valence electrons. The molecule has 2 rings (SSSR count). The zero-order chi connectivity index (χ0) is 11.4. The molecule has 1 aromatic heterocycles. The zero-order valence-electron chi connectivity index (χ0n) is 9.44. The van der Waals surface area contributed by atoms with Crippen LogP contribution in [-0.2, 0) is 11.3 Å². The highest BCUT2D eigenvalue weighted by Crippen LogP contribution is 2.10. The fraction of sp³-hybridized carbons (Fsp3) is 0.700. The molecule has 1 aromatic rings. The Morgan fingerprint density at radius 2 is 2.50 bits per heavy atom. The SMILES string of the molecule is CN(Cc1ncn[nH]1)C(=O)C1CCCCN1. The Bertz CT molecular complexity index is 331. The summed E-state index contributed by atoms with van der Waals surface area (Å²) in [6.45, 7) is 1.42. The van der Waals surface area contributed by atoms with Gasteiger partial charge in [-0.25, -0.2) is 4.98 Å². The van der Waals surface area contributed by atoms with Crippen LogP contribution >= 0.6 is 0 Å². The van der Waals surface area contributed by atoms with Crippen LogP contribution in [0.15, 0.2) is 6.33 Å². The number of nitrogens with zero attached hydrogens (tertiary/aromatic N) is 3. The number of piperidine rings is 1. The number of aromatic nitrogens is 3. The molecule has 1 atom stereocenters. The molecule has 1 fully saturated rings. The van der Waals surface area contributed by atoms with E-state index in [0.29, 0.717) is 12.4 Å². The largest absolute Gasteiger partial charge is 0.337 e. The molecule has 0 saturated carbocycles. The van der Waals surface area contributed by atoms with Crippen molar-refractivity contribution in [3.63, 3.8) is 0 Å². The number of likely N-dealkylation sites (N-methyl/N-ethyl adjacent to an activating group) is 1. The molecule has 1 amide bonds. The van der Waals surface area contributed by atoms with Crippen LogP contribution in [0, 0.1) is 0 Å². The molecule has 0 aromatic carbocycles. The Morgan fingerprint density at radius 1 is 1.62 bits per heavy atom. The van der Waals surface area contributed by atoms with Crippen molar-refractivity contribution in [2.24, 2.45) is 0 Å². The lowest BCUT2D eigenvalue weighted by Crippen LogP contribution is -2.47. The predicted molar refractivity (Wildman–Crippen MR) is 58.5 cm³/mol. The van der Waals surface area contributed by atoms with Crippen LogP contribution in [0.3, 0.4) is 0 Å². The van der Waals surface area contributed by atoms with Crippen LogP contribution in [0.2, 0.25) is 0 Å². The first-order valence-electron chi connectivity index (χ1n) is 5.60. The van der Waals surface area contributed by atoms with Crippen molar-refractivity contribution in [3.8, 4) is 0 Å². The van der Waals surface area contributed by atoms with Gasteiger partial charge in [-0.05, 0) is 19.4 Å². The van der Waals surface area contributed by atoms with Crippen molar-refractivity contribution in [1.82, 2.24) is 25.4 Å². The monoisotopic (exact) mass is 223 g/mol. The number of hydrogen-bond donors (Lipinski definition) is 2. The number of rotatable bonds is 3. The van der Waals surface area contributed by atoms with E-state index in [9.17, 15) is 4.79 Å². The molecule has 2 heterocycles. The van der Waals surface area contributed by atoms with Crippen molar-refractivity contribution in [1.29, 1.82) is 0 Å². The van der Waals surface area contributed by atoms with Crippen LogP contribution in [0.1, 0.15) is 25.1 Å². The number of hydrogen-bond acceptors (Lipinski definition) is 4. The molecular weight excluding hydrogens is 206 g/mol. The highest BCUT2D eigenvalue weighted by molar-refractivity contribution is 5.81. The summed E-state index contributed by atoms with van der Waals surface area (Å²) >= 11 is 0. The van der Waals surface area contributed by atoms with E-state index in [2.05, 4.69) is 20.5 Å². The lowest BCUT2D eigenvalue weighted by atomic mass is 10.0. The lowest BCUT2D eigenvalue weighted by molar-refractivity contribution is -0.133. The second-order valence-electron chi connectivity index (χ2n) is 4.13. The number of carbonyl (C=O) groups is 1. The lowest BCUT2D eigenvalue weighted by Gasteiger charge is -2.26. The van der Waals surface area contributed by atoms with Crippen molar-refractivity contribution in [2.75, 3.05) is 13.6 Å². The molecule has 6 nitrogen and oxygen atoms in total. The second-order valence-corrected chi connectivity index (χ2v) is 4.13. The Kier molecular flexibility index (Phi) is 3.51. The van der Waals surface area contributed by atoms with Gasteiger partial charge >= 0.3 is 0 Å². The third-order valence-corrected chi connectivity index (χ3v) is 2.84. The maximum atomic E-state index is 12.0. The molecule has 1 aliphatic rings. The number of amides is 1. The molecule has 1 aliphatic heterocycles. The van der Waals surface area contributed by atoms with Gasteiger partial charge in [0.05, 0.1) is 12.6 Å². The highest BCUT2D eigenvalue weighted by Gasteiger charge is 2.23. The minimum Gasteiger partial charge on any atom is -0.337 e. The fourth-order valence-corrected chi connectivity index (χ4v) is 1.94. The van der Waals surface area contributed by atoms with Crippen LogP contribution in [0.25, 0.3) is 0 Å². The van der Waals surface area contributed by atoms with Crippen molar-refractivity contribution in [3.05, 3.63) is 12.2 Å². The van der Waals surface area contributed by atoms with E-state index in [1.165, 1.54) is 6.33 Å². The molecular formula is C10H17N5O. The van der Waals surface area contributed by atoms with Crippen LogP contribution in [-0.4, -0.2) is 45.6 Å². The zero-order valence-corrected chi connectivity index (χ0v) is 9.44. The Labute approximate surface area is 94.4 Å². The number of H-pyrrole nitrogens is 1. The van der Waals surface area contributed by atoms with E-state index in [-0.39, 0.29) is 11.9 Å². The molecule has 1 saturated heterocycles. The molecule has 2 N–H and O–H groups in total. The number of carbonyl (C=O) groups excluding carboxylic acids is 1. The third kappa shape index (κ3) is 2.57. The van der Waals surface area contributed by atoms with Gasteiger partial charge in [0, 0.05) is 7.05 Å². The summed E-state index contributed by atoms with van der Waals surface area (Å²) in [4.78, 5) is 17.7. The van der Waals surface area contributed by atoms with Crippen molar-refractivity contribution >= 4 is 5.91 Å². The van der Waals surface area contributed by atoms with Crippen molar-refractivity contribution < 1.29 is 4.79 Å². The van der Waals surface area contributed by atoms with Gasteiger partial charge < -0.3 is 10.2 Å². The maximum absolute atomic E-state index is 12.0. The summed E-state index contributed by atoms with van der Waals surface area (Å²) in [6, 6.07) is -0.0262. The number of nitrogens with one attached hydrogen (secondary N) is 2. The van der Waals surface area contributed by atoms with Gasteiger partial charge in [0.2, 0.25) is 5.91 Å². The van der Waals surface area contributed by atoms with Crippen LogP contribution in [0.4, 0.5) is 0 Å². The van der Waals surface area contributed by atoms with Gasteiger partial charge in [0.1, 0.15) is 12.2 Å². The van der Waals surface area contributed by atoms with Gasteiger partial charge in [-0.3, -0.25) is 9.89 Å². The molecule has 0 radical (unpaired) electrons. The quantitative estimate of drug-likeness (QED) is 0.750. The average Bonchev–Trinajstić information content (AvgIpc) is 2.82. The van der Waals surface area contributed by atoms with Gasteiger partial charge in [-0.2, -0.15) is 5.10 Å². The third-order valence-electron chi connectivity index (χ3n) is 2.84. The minimum absolute atomic E-state index is 0.0262. The summed E-state index contributed by atoms with van der Waals surface area (Å²) in [5.74, 6) is 0.850. The first-order valence-corrected chi connectivity index (χ1v) is 5.60. The van der Waals surface area contributed by atoms with Crippen LogP contribution < -0.4 is 5.32 Å². The van der Waals surface area contributed by atoms with Gasteiger partial charge in [-0.15, -0.1) is 0 Å². The molecule has 6 heteroatoms. The van der Waals surface area contributed by atoms with Crippen molar-refractivity contribution in [2.45, 2.75) is 31.8 Å². The topological polar surface area (TPSA) is 73.9 Å². The van der Waals surface area contributed by atoms with E-state index in [1.807, 2.05) is 0 Å². The van der Waals surface area contributed by atoms with E-state index in [1.54, 1.807) is 11.9 Å². The summed E-state index contributed by atoms with van der Waals surface area (Å²) in [7, 11) is 1.79. The highest BCUT2D eigenvalue weighted by atomic mass is 16.2. The second kappa shape index (κ2) is 5.07. The van der Waals surface area contributed by atoms with E-state index >= 15 is 0 Å². The summed E-state index contributed by atoms with van der Waals surface area (Å²) in [6.07, 6.45) is 4.67. The van der Waals surface area contributed by atoms with E-state index < -0.39 is 0 Å². The predicted octanol–water partition coefficient (Wildman–Crippen LogP) is -0.0948. The molecule has 16 heavy (non-hydrogen) atoms. The standard InChI is InChI=1S/C10H17N5O/c1-15(6-9-12-7-13-14-9)10(16)8-4-2-3-5-11-8/h7-8,11H,2-6H2,1H3,(H,12,13,14).